The lowest BCUT2D eigenvalue weighted by atomic mass is 10.2. The van der Waals surface area contributed by atoms with Crippen LogP contribution in [0.25, 0.3) is 0 Å². The van der Waals surface area contributed by atoms with Gasteiger partial charge >= 0.3 is 0 Å². The Morgan fingerprint density at radius 3 is 2.43 bits per heavy atom. The lowest BCUT2D eigenvalue weighted by Gasteiger charge is -2.12. The van der Waals surface area contributed by atoms with Crippen molar-refractivity contribution in [1.82, 2.24) is 0 Å². The second-order valence-electron chi connectivity index (χ2n) is 4.20. The van der Waals surface area contributed by atoms with Crippen molar-refractivity contribution >= 4 is 61.5 Å². The van der Waals surface area contributed by atoms with Gasteiger partial charge in [-0.1, -0.05) is 29.3 Å². The van der Waals surface area contributed by atoms with Gasteiger partial charge in [0.25, 0.3) is 10.0 Å². The molecule has 0 fully saturated rings. The Hall–Kier alpha value is -0.540. The molecule has 0 saturated heterocycles. The minimum atomic E-state index is -3.84. The van der Waals surface area contributed by atoms with E-state index in [1.54, 1.807) is 24.3 Å². The van der Waals surface area contributed by atoms with Crippen LogP contribution in [-0.2, 0) is 16.6 Å². The average Bonchev–Trinajstić information content (AvgIpc) is 2.42. The smallest absolute Gasteiger partial charge is 0.263 e. The summed E-state index contributed by atoms with van der Waals surface area (Å²) in [4.78, 5) is -0.0262. The van der Waals surface area contributed by atoms with Gasteiger partial charge in [-0.05, 0) is 58.5 Å². The Morgan fingerprint density at radius 2 is 1.81 bits per heavy atom. The highest BCUT2D eigenvalue weighted by molar-refractivity contribution is 14.1. The summed E-state index contributed by atoms with van der Waals surface area (Å²) < 4.78 is 28.2. The molecule has 2 rings (SSSR count). The van der Waals surface area contributed by atoms with Crippen molar-refractivity contribution in [3.05, 3.63) is 55.6 Å². The van der Waals surface area contributed by atoms with E-state index in [9.17, 15) is 8.42 Å². The van der Waals surface area contributed by atoms with Gasteiger partial charge in [-0.15, -0.1) is 0 Å². The van der Waals surface area contributed by atoms with Gasteiger partial charge in [-0.25, -0.2) is 8.42 Å². The molecule has 0 unspecified atom stereocenters. The first-order valence-electron chi connectivity index (χ1n) is 5.80. The fraction of sp³-hybridized carbons (Fsp3) is 0.0769. The van der Waals surface area contributed by atoms with Crippen molar-refractivity contribution in [1.29, 1.82) is 0 Å². The summed E-state index contributed by atoms with van der Waals surface area (Å²) in [5.41, 5.74) is 6.50. The molecule has 0 spiro atoms. The molecule has 2 aromatic rings. The number of halogens is 3. The zero-order valence-electron chi connectivity index (χ0n) is 10.6. The fourth-order valence-corrected chi connectivity index (χ4v) is 4.24. The number of hydrogen-bond donors (Lipinski definition) is 2. The van der Waals surface area contributed by atoms with E-state index in [-0.39, 0.29) is 16.5 Å². The summed E-state index contributed by atoms with van der Waals surface area (Å²) in [6.07, 6.45) is 0. The Bertz CT molecular complexity index is 782. The third-order valence-corrected chi connectivity index (χ3v) is 5.53. The molecule has 0 aliphatic heterocycles. The third kappa shape index (κ3) is 4.01. The zero-order valence-corrected chi connectivity index (χ0v) is 15.1. The van der Waals surface area contributed by atoms with Crippen molar-refractivity contribution in [2.24, 2.45) is 5.73 Å². The molecule has 0 amide bonds. The van der Waals surface area contributed by atoms with Gasteiger partial charge in [0, 0.05) is 10.1 Å². The van der Waals surface area contributed by atoms with Crippen molar-refractivity contribution in [3.63, 3.8) is 0 Å². The Balaban J connectivity index is 2.43. The second kappa shape index (κ2) is 6.70. The summed E-state index contributed by atoms with van der Waals surface area (Å²) in [6, 6.07) is 9.65. The summed E-state index contributed by atoms with van der Waals surface area (Å²) in [5.74, 6) is 0. The summed E-state index contributed by atoms with van der Waals surface area (Å²) in [7, 11) is -3.84. The predicted octanol–water partition coefficient (Wildman–Crippen LogP) is 3.86. The molecule has 21 heavy (non-hydrogen) atoms. The van der Waals surface area contributed by atoms with Crippen LogP contribution in [-0.4, -0.2) is 8.42 Å². The highest BCUT2D eigenvalue weighted by atomic mass is 127. The number of rotatable bonds is 4. The molecule has 0 aliphatic carbocycles. The lowest BCUT2D eigenvalue weighted by Crippen LogP contribution is -2.14. The Kier molecular flexibility index (Phi) is 5.37. The molecular formula is C13H11Cl2IN2O2S. The number of sulfonamides is 1. The molecule has 2 aromatic carbocycles. The van der Waals surface area contributed by atoms with Gasteiger partial charge in [0.2, 0.25) is 0 Å². The standard InChI is InChI=1S/C13H11Cl2IN2O2S/c14-10-3-1-8(7-17)5-13(10)21(19,20)18-12-4-2-9(16)6-11(12)15/h1-6,18H,7,17H2. The molecule has 8 heteroatoms. The normalized spacial score (nSPS) is 11.4. The van der Waals surface area contributed by atoms with Crippen molar-refractivity contribution in [2.45, 2.75) is 11.4 Å². The number of hydrogen-bond acceptors (Lipinski definition) is 3. The van der Waals surface area contributed by atoms with E-state index >= 15 is 0 Å². The minimum Gasteiger partial charge on any atom is -0.326 e. The maximum Gasteiger partial charge on any atom is 0.263 e. The van der Waals surface area contributed by atoms with Crippen molar-refractivity contribution in [2.75, 3.05) is 4.72 Å². The minimum absolute atomic E-state index is 0.0262. The van der Waals surface area contributed by atoms with Crippen LogP contribution in [0.2, 0.25) is 10.0 Å². The van der Waals surface area contributed by atoms with Gasteiger partial charge in [0.1, 0.15) is 4.90 Å². The monoisotopic (exact) mass is 456 g/mol. The molecule has 3 N–H and O–H groups in total. The van der Waals surface area contributed by atoms with Gasteiger partial charge in [0.05, 0.1) is 15.7 Å². The van der Waals surface area contributed by atoms with Crippen LogP contribution in [0.4, 0.5) is 5.69 Å². The van der Waals surface area contributed by atoms with Crippen LogP contribution in [0.5, 0.6) is 0 Å². The van der Waals surface area contributed by atoms with Crippen LogP contribution < -0.4 is 10.5 Å². The second-order valence-corrected chi connectivity index (χ2v) is 7.91. The molecule has 0 bridgehead atoms. The van der Waals surface area contributed by atoms with E-state index in [0.29, 0.717) is 16.3 Å². The van der Waals surface area contributed by atoms with E-state index in [4.69, 9.17) is 28.9 Å². The van der Waals surface area contributed by atoms with E-state index in [1.807, 2.05) is 0 Å². The topological polar surface area (TPSA) is 72.2 Å². The van der Waals surface area contributed by atoms with Crippen LogP contribution >= 0.6 is 45.8 Å². The number of nitrogens with one attached hydrogen (secondary N) is 1. The highest BCUT2D eigenvalue weighted by Crippen LogP contribution is 2.29. The molecule has 0 aliphatic rings. The largest absolute Gasteiger partial charge is 0.326 e. The van der Waals surface area contributed by atoms with E-state index in [1.165, 1.54) is 12.1 Å². The molecule has 0 saturated carbocycles. The summed E-state index contributed by atoms with van der Waals surface area (Å²) in [6.45, 7) is 0.226. The van der Waals surface area contributed by atoms with Crippen LogP contribution in [0.3, 0.4) is 0 Å². The van der Waals surface area contributed by atoms with Crippen LogP contribution in [0, 0.1) is 3.57 Å². The molecule has 0 aromatic heterocycles. The summed E-state index contributed by atoms with van der Waals surface area (Å²) in [5, 5.41) is 0.443. The molecule has 112 valence electrons. The average molecular weight is 457 g/mol. The van der Waals surface area contributed by atoms with Gasteiger partial charge in [0.15, 0.2) is 0 Å². The SMILES string of the molecule is NCc1ccc(Cl)c(S(=O)(=O)Nc2ccc(I)cc2Cl)c1. The predicted molar refractivity (Wildman–Crippen MR) is 94.3 cm³/mol. The van der Waals surface area contributed by atoms with Gasteiger partial charge in [-0.3, -0.25) is 4.72 Å². The van der Waals surface area contributed by atoms with Gasteiger partial charge < -0.3 is 5.73 Å². The summed E-state index contributed by atoms with van der Waals surface area (Å²) >= 11 is 14.1. The van der Waals surface area contributed by atoms with Gasteiger partial charge in [-0.2, -0.15) is 0 Å². The van der Waals surface area contributed by atoms with E-state index in [0.717, 1.165) is 3.57 Å². The quantitative estimate of drug-likeness (QED) is 0.686. The molecule has 0 radical (unpaired) electrons. The number of anilines is 1. The molecule has 0 atom stereocenters. The number of nitrogens with two attached hydrogens (primary N) is 1. The fourth-order valence-electron chi connectivity index (χ4n) is 1.65. The first kappa shape index (κ1) is 16.8. The van der Waals surface area contributed by atoms with Crippen LogP contribution in [0.15, 0.2) is 41.3 Å². The number of benzene rings is 2. The maximum atomic E-state index is 12.4. The Morgan fingerprint density at radius 1 is 1.10 bits per heavy atom. The van der Waals surface area contributed by atoms with Crippen molar-refractivity contribution in [3.8, 4) is 0 Å². The first-order chi connectivity index (χ1) is 9.83. The molecular weight excluding hydrogens is 446 g/mol. The van der Waals surface area contributed by atoms with Crippen molar-refractivity contribution < 1.29 is 8.42 Å². The zero-order chi connectivity index (χ0) is 15.6. The highest BCUT2D eigenvalue weighted by Gasteiger charge is 2.19. The molecule has 4 nitrogen and oxygen atoms in total. The molecule has 0 heterocycles. The first-order valence-corrected chi connectivity index (χ1v) is 9.11. The van der Waals surface area contributed by atoms with E-state index in [2.05, 4.69) is 27.3 Å². The lowest BCUT2D eigenvalue weighted by molar-refractivity contribution is 0.601. The Labute approximate surface area is 146 Å². The van der Waals surface area contributed by atoms with Crippen LogP contribution in [0.1, 0.15) is 5.56 Å². The third-order valence-electron chi connectivity index (χ3n) is 2.70. The maximum absolute atomic E-state index is 12.4. The van der Waals surface area contributed by atoms with E-state index < -0.39 is 10.0 Å².